The number of hydrogen-bond acceptors (Lipinski definition) is 0. The number of hydrogen-bond donors (Lipinski definition) is 0. The van der Waals surface area contributed by atoms with Gasteiger partial charge in [-0.1, -0.05) is 133 Å². The number of rotatable bonds is 6. The van der Waals surface area contributed by atoms with Crippen LogP contribution in [0, 0.1) is 11.8 Å². The second-order valence-electron chi connectivity index (χ2n) is 9.01. The minimum Gasteiger partial charge on any atom is -0.0844 e. The fourth-order valence-corrected chi connectivity index (χ4v) is 12.8. The van der Waals surface area contributed by atoms with Crippen LogP contribution in [-0.2, 0) is 0 Å². The lowest BCUT2D eigenvalue weighted by molar-refractivity contribution is 0.695. The van der Waals surface area contributed by atoms with Gasteiger partial charge in [-0.3, -0.25) is 0 Å². The van der Waals surface area contributed by atoms with Gasteiger partial charge < -0.3 is 0 Å². The van der Waals surface area contributed by atoms with Crippen LogP contribution in [0.4, 0.5) is 0 Å². The molecule has 2 aliphatic carbocycles. The third-order valence-electron chi connectivity index (χ3n) is 7.11. The fourth-order valence-electron chi connectivity index (χ4n) is 5.80. The second kappa shape index (κ2) is 9.38. The molecule has 6 rings (SSSR count). The number of fused-ring (bicyclic) bond motifs is 2. The lowest BCUT2D eigenvalue weighted by Gasteiger charge is -2.40. The van der Waals surface area contributed by atoms with Gasteiger partial charge in [-0.15, -0.1) is 0 Å². The minimum atomic E-state index is -0.454. The zero-order valence-electron chi connectivity index (χ0n) is 18.6. The third kappa shape index (κ3) is 4.01. The van der Waals surface area contributed by atoms with Crippen LogP contribution >= 0.6 is 15.8 Å². The molecule has 0 N–H and O–H groups in total. The molecular weight excluding hydrogens is 434 g/mol. The smallest absolute Gasteiger partial charge is 0.00137 e. The standard InChI is InChI=1S/C31H28P2/c1-5-13-26(14-6-1)32(27-15-7-2-8-16-27)30-24-21-22-25(23-24)31(30)33(28-17-9-3-10-18-28)29-19-11-4-12-20-29/h1-22,24-25,30-31H,23H2/t24-,25-,30-,31-/m1/s1. The molecule has 4 atom stereocenters. The molecule has 0 saturated heterocycles. The largest absolute Gasteiger partial charge is 0.0844 e. The minimum absolute atomic E-state index is 0.454. The van der Waals surface area contributed by atoms with Gasteiger partial charge in [0.25, 0.3) is 0 Å². The van der Waals surface area contributed by atoms with E-state index in [1.165, 1.54) is 27.6 Å². The summed E-state index contributed by atoms with van der Waals surface area (Å²) in [6.07, 6.45) is 6.42. The summed E-state index contributed by atoms with van der Waals surface area (Å²) in [6, 6.07) is 45.4. The summed E-state index contributed by atoms with van der Waals surface area (Å²) in [5, 5.41) is 6.08. The molecule has 1 saturated carbocycles. The van der Waals surface area contributed by atoms with Gasteiger partial charge in [-0.2, -0.15) is 0 Å². The number of benzene rings is 4. The summed E-state index contributed by atoms with van der Waals surface area (Å²) >= 11 is 0. The molecule has 0 aromatic heterocycles. The van der Waals surface area contributed by atoms with E-state index in [-0.39, 0.29) is 0 Å². The maximum absolute atomic E-state index is 2.55. The van der Waals surface area contributed by atoms with E-state index in [0.29, 0.717) is 23.2 Å². The van der Waals surface area contributed by atoms with Gasteiger partial charge in [0.15, 0.2) is 0 Å². The number of allylic oxidation sites excluding steroid dienone is 2. The molecule has 4 aromatic rings. The van der Waals surface area contributed by atoms with E-state index in [4.69, 9.17) is 0 Å². The first-order valence-electron chi connectivity index (χ1n) is 11.9. The maximum Gasteiger partial charge on any atom is 0.00137 e. The van der Waals surface area contributed by atoms with Crippen molar-refractivity contribution in [3.8, 4) is 0 Å². The van der Waals surface area contributed by atoms with Crippen molar-refractivity contribution in [1.82, 2.24) is 0 Å². The first-order valence-corrected chi connectivity index (χ1v) is 14.7. The zero-order chi connectivity index (χ0) is 22.0. The summed E-state index contributed by atoms with van der Waals surface area (Å²) in [5.74, 6) is 1.34. The highest BCUT2D eigenvalue weighted by atomic mass is 31.1. The summed E-state index contributed by atoms with van der Waals surface area (Å²) in [4.78, 5) is 0. The molecule has 0 spiro atoms. The van der Waals surface area contributed by atoms with E-state index in [1.807, 2.05) is 0 Å². The first-order chi connectivity index (χ1) is 16.4. The molecule has 0 unspecified atom stereocenters. The summed E-state index contributed by atoms with van der Waals surface area (Å²) in [6.45, 7) is 0. The molecule has 2 heteroatoms. The van der Waals surface area contributed by atoms with E-state index >= 15 is 0 Å². The average molecular weight is 463 g/mol. The highest BCUT2D eigenvalue weighted by molar-refractivity contribution is 7.77. The van der Waals surface area contributed by atoms with Gasteiger partial charge in [0, 0.05) is 11.3 Å². The Balaban J connectivity index is 1.52. The highest BCUT2D eigenvalue weighted by Gasteiger charge is 2.51. The Morgan fingerprint density at radius 3 is 0.939 bits per heavy atom. The third-order valence-corrected chi connectivity index (χ3v) is 13.4. The highest BCUT2D eigenvalue weighted by Crippen LogP contribution is 2.64. The van der Waals surface area contributed by atoms with E-state index in [2.05, 4.69) is 133 Å². The molecule has 0 aliphatic heterocycles. The monoisotopic (exact) mass is 462 g/mol. The zero-order valence-corrected chi connectivity index (χ0v) is 20.4. The van der Waals surface area contributed by atoms with Crippen molar-refractivity contribution in [3.05, 3.63) is 133 Å². The van der Waals surface area contributed by atoms with Crippen molar-refractivity contribution >= 4 is 37.1 Å². The Hall–Kier alpha value is -2.52. The van der Waals surface area contributed by atoms with Gasteiger partial charge in [0.1, 0.15) is 0 Å². The summed E-state index contributed by atoms with van der Waals surface area (Å²) in [7, 11) is -0.909. The van der Waals surface area contributed by atoms with Crippen LogP contribution in [0.1, 0.15) is 6.42 Å². The van der Waals surface area contributed by atoms with Gasteiger partial charge in [-0.25, -0.2) is 0 Å². The normalized spacial score (nSPS) is 23.5. The van der Waals surface area contributed by atoms with E-state index < -0.39 is 15.8 Å². The van der Waals surface area contributed by atoms with Gasteiger partial charge in [0.2, 0.25) is 0 Å². The van der Waals surface area contributed by atoms with Crippen LogP contribution in [0.5, 0.6) is 0 Å². The van der Waals surface area contributed by atoms with E-state index in [1.54, 1.807) is 0 Å². The van der Waals surface area contributed by atoms with Crippen LogP contribution in [0.15, 0.2) is 133 Å². The fraction of sp³-hybridized carbons (Fsp3) is 0.161. The molecule has 0 heterocycles. The quantitative estimate of drug-likeness (QED) is 0.237. The maximum atomic E-state index is 2.55. The van der Waals surface area contributed by atoms with Crippen molar-refractivity contribution in [2.24, 2.45) is 11.8 Å². The molecule has 4 aromatic carbocycles. The first kappa shape index (κ1) is 21.0. The molecule has 0 amide bonds. The Labute approximate surface area is 199 Å². The van der Waals surface area contributed by atoms with Crippen molar-refractivity contribution in [2.75, 3.05) is 0 Å². The molecule has 0 radical (unpaired) electrons. The van der Waals surface area contributed by atoms with Crippen LogP contribution in [0.2, 0.25) is 0 Å². The van der Waals surface area contributed by atoms with E-state index in [9.17, 15) is 0 Å². The lowest BCUT2D eigenvalue weighted by Crippen LogP contribution is -2.37. The Morgan fingerprint density at radius 2 is 0.667 bits per heavy atom. The summed E-state index contributed by atoms with van der Waals surface area (Å²) in [5.41, 5.74) is 1.32. The average Bonchev–Trinajstić information content (AvgIpc) is 3.50. The van der Waals surface area contributed by atoms with Crippen molar-refractivity contribution in [2.45, 2.75) is 17.7 Å². The van der Waals surface area contributed by atoms with Crippen LogP contribution < -0.4 is 21.2 Å². The van der Waals surface area contributed by atoms with Crippen molar-refractivity contribution in [1.29, 1.82) is 0 Å². The lowest BCUT2D eigenvalue weighted by atomic mass is 10.1. The van der Waals surface area contributed by atoms with Crippen molar-refractivity contribution < 1.29 is 0 Å². The molecule has 1 fully saturated rings. The molecule has 0 nitrogen and oxygen atoms in total. The molecule has 33 heavy (non-hydrogen) atoms. The summed E-state index contributed by atoms with van der Waals surface area (Å²) < 4.78 is 0. The van der Waals surface area contributed by atoms with Gasteiger partial charge >= 0.3 is 0 Å². The van der Waals surface area contributed by atoms with Crippen LogP contribution in [-0.4, -0.2) is 11.3 Å². The molecule has 2 bridgehead atoms. The van der Waals surface area contributed by atoms with E-state index in [0.717, 1.165) is 0 Å². The van der Waals surface area contributed by atoms with Crippen molar-refractivity contribution in [3.63, 3.8) is 0 Å². The SMILES string of the molecule is C1=C[C@@H]2C[C@@H]1[C@@H](P(c1ccccc1)c1ccccc1)[C@@H]2P(c1ccccc1)c1ccccc1. The predicted molar refractivity (Wildman–Crippen MR) is 146 cm³/mol. The Bertz CT molecular complexity index is 1030. The second-order valence-corrected chi connectivity index (χ2v) is 13.7. The topological polar surface area (TPSA) is 0 Å². The van der Waals surface area contributed by atoms with Crippen LogP contribution in [0.25, 0.3) is 0 Å². The predicted octanol–water partition coefficient (Wildman–Crippen LogP) is 6.20. The Kier molecular flexibility index (Phi) is 5.98. The Morgan fingerprint density at radius 1 is 0.394 bits per heavy atom. The molecule has 2 aliphatic rings. The molecular formula is C31H28P2. The van der Waals surface area contributed by atoms with Gasteiger partial charge in [-0.05, 0) is 55.3 Å². The van der Waals surface area contributed by atoms with Crippen LogP contribution in [0.3, 0.4) is 0 Å². The molecule has 162 valence electrons. The van der Waals surface area contributed by atoms with Gasteiger partial charge in [0.05, 0.1) is 0 Å².